The molecule has 0 aliphatic rings. The number of ether oxygens (including phenoxy) is 3. The summed E-state index contributed by atoms with van der Waals surface area (Å²) in [5, 5.41) is 14.0. The number of benzene rings is 3. The van der Waals surface area contributed by atoms with Gasteiger partial charge >= 0.3 is 5.97 Å². The van der Waals surface area contributed by atoms with Crippen LogP contribution in [0.2, 0.25) is 0 Å². The molecule has 0 aliphatic heterocycles. The Kier molecular flexibility index (Phi) is 10.7. The van der Waals surface area contributed by atoms with Crippen molar-refractivity contribution in [3.63, 3.8) is 0 Å². The standard InChI is InChI=1S/C26H29NO5.ClH/c1-3-31-26(29)23-16-22(30-2)14-15-24(23)32-18-21(28)17-27-25(19-10-6-4-7-11-19)20-12-8-5-9-13-20;/h4-16,21,25,27-28H,3,17-18H2,1-2H3;1H. The van der Waals surface area contributed by atoms with Crippen molar-refractivity contribution in [2.45, 2.75) is 19.1 Å². The molecule has 7 heteroatoms. The van der Waals surface area contributed by atoms with Crippen molar-refractivity contribution in [3.8, 4) is 11.5 Å². The van der Waals surface area contributed by atoms with Gasteiger partial charge in [-0.1, -0.05) is 60.7 Å². The number of carbonyl (C=O) groups is 1. The molecule has 0 amide bonds. The van der Waals surface area contributed by atoms with Gasteiger partial charge in [-0.25, -0.2) is 4.79 Å². The Balaban J connectivity index is 0.00000385. The zero-order chi connectivity index (χ0) is 22.8. The van der Waals surface area contributed by atoms with Crippen LogP contribution in [0.25, 0.3) is 0 Å². The molecule has 33 heavy (non-hydrogen) atoms. The third-order valence-electron chi connectivity index (χ3n) is 4.94. The minimum atomic E-state index is -0.790. The molecule has 0 aromatic heterocycles. The molecule has 3 rings (SSSR count). The van der Waals surface area contributed by atoms with Crippen molar-refractivity contribution in [3.05, 3.63) is 95.6 Å². The van der Waals surface area contributed by atoms with Crippen LogP contribution in [-0.4, -0.2) is 44.0 Å². The fraction of sp³-hybridized carbons (Fsp3) is 0.269. The average Bonchev–Trinajstić information content (AvgIpc) is 2.84. The zero-order valence-electron chi connectivity index (χ0n) is 18.8. The lowest BCUT2D eigenvalue weighted by Gasteiger charge is -2.22. The summed E-state index contributed by atoms with van der Waals surface area (Å²) in [6.45, 7) is 2.31. The molecule has 1 atom stereocenters. The maximum Gasteiger partial charge on any atom is 0.342 e. The lowest BCUT2D eigenvalue weighted by Crippen LogP contribution is -2.34. The van der Waals surface area contributed by atoms with E-state index in [2.05, 4.69) is 29.6 Å². The molecular weight excluding hydrogens is 442 g/mol. The van der Waals surface area contributed by atoms with E-state index < -0.39 is 12.1 Å². The van der Waals surface area contributed by atoms with Gasteiger partial charge in [0.1, 0.15) is 29.8 Å². The number of nitrogens with one attached hydrogen (secondary N) is 1. The molecule has 0 radical (unpaired) electrons. The molecular formula is C26H30ClNO5. The molecule has 0 bridgehead atoms. The molecule has 6 nitrogen and oxygen atoms in total. The molecule has 0 fully saturated rings. The maximum atomic E-state index is 12.3. The minimum absolute atomic E-state index is 0. The number of hydrogen-bond acceptors (Lipinski definition) is 6. The highest BCUT2D eigenvalue weighted by Gasteiger charge is 2.18. The first-order valence-corrected chi connectivity index (χ1v) is 10.6. The molecule has 0 saturated carbocycles. The summed E-state index contributed by atoms with van der Waals surface area (Å²) < 4.78 is 16.1. The van der Waals surface area contributed by atoms with Gasteiger partial charge in [0, 0.05) is 6.54 Å². The van der Waals surface area contributed by atoms with E-state index in [9.17, 15) is 9.90 Å². The van der Waals surface area contributed by atoms with Crippen LogP contribution in [0.1, 0.15) is 34.5 Å². The monoisotopic (exact) mass is 471 g/mol. The predicted molar refractivity (Wildman–Crippen MR) is 130 cm³/mol. The van der Waals surface area contributed by atoms with Crippen molar-refractivity contribution in [2.24, 2.45) is 0 Å². The quantitative estimate of drug-likeness (QED) is 0.403. The van der Waals surface area contributed by atoms with Gasteiger partial charge in [0.2, 0.25) is 0 Å². The molecule has 3 aromatic rings. The molecule has 176 valence electrons. The molecule has 0 spiro atoms. The van der Waals surface area contributed by atoms with E-state index in [4.69, 9.17) is 14.2 Å². The number of halogens is 1. The molecule has 1 unspecified atom stereocenters. The fourth-order valence-electron chi connectivity index (χ4n) is 3.35. The van der Waals surface area contributed by atoms with Gasteiger partial charge in [-0.05, 0) is 36.2 Å². The van der Waals surface area contributed by atoms with Crippen LogP contribution in [-0.2, 0) is 4.74 Å². The van der Waals surface area contributed by atoms with Gasteiger partial charge in [0.25, 0.3) is 0 Å². The van der Waals surface area contributed by atoms with E-state index in [1.165, 1.54) is 7.11 Å². The SMILES string of the molecule is CCOC(=O)c1cc(OC)ccc1OCC(O)CNC(c1ccccc1)c1ccccc1.Cl. The van der Waals surface area contributed by atoms with Gasteiger partial charge in [0.05, 0.1) is 19.8 Å². The highest BCUT2D eigenvalue weighted by atomic mass is 35.5. The first kappa shape index (κ1) is 26.2. The van der Waals surface area contributed by atoms with Crippen molar-refractivity contribution in [1.82, 2.24) is 5.32 Å². The van der Waals surface area contributed by atoms with E-state index in [0.29, 0.717) is 18.0 Å². The Labute approximate surface area is 200 Å². The summed E-state index contributed by atoms with van der Waals surface area (Å²) in [5.41, 5.74) is 2.47. The summed E-state index contributed by atoms with van der Waals surface area (Å²) in [7, 11) is 1.52. The van der Waals surface area contributed by atoms with Gasteiger partial charge in [-0.15, -0.1) is 12.4 Å². The second-order valence-corrected chi connectivity index (χ2v) is 7.21. The third kappa shape index (κ3) is 7.49. The summed E-state index contributed by atoms with van der Waals surface area (Å²) in [4.78, 5) is 12.3. The smallest absolute Gasteiger partial charge is 0.342 e. The van der Waals surface area contributed by atoms with Gasteiger partial charge < -0.3 is 24.6 Å². The number of hydrogen-bond donors (Lipinski definition) is 2. The van der Waals surface area contributed by atoms with Crippen molar-refractivity contribution in [1.29, 1.82) is 0 Å². The first-order chi connectivity index (χ1) is 15.6. The lowest BCUT2D eigenvalue weighted by atomic mass is 9.98. The van der Waals surface area contributed by atoms with E-state index in [1.54, 1.807) is 25.1 Å². The fourth-order valence-corrected chi connectivity index (χ4v) is 3.35. The average molecular weight is 472 g/mol. The Morgan fingerprint density at radius 2 is 1.58 bits per heavy atom. The number of esters is 1. The van der Waals surface area contributed by atoms with Crippen LogP contribution in [0.5, 0.6) is 11.5 Å². The predicted octanol–water partition coefficient (Wildman–Crippen LogP) is 4.41. The van der Waals surface area contributed by atoms with E-state index in [-0.39, 0.29) is 37.2 Å². The van der Waals surface area contributed by atoms with Crippen molar-refractivity contribution < 1.29 is 24.1 Å². The second kappa shape index (κ2) is 13.5. The van der Waals surface area contributed by atoms with E-state index in [0.717, 1.165) is 11.1 Å². The Morgan fingerprint density at radius 1 is 0.970 bits per heavy atom. The summed E-state index contributed by atoms with van der Waals surface area (Å²) in [6.07, 6.45) is -0.790. The van der Waals surface area contributed by atoms with Crippen LogP contribution in [0.3, 0.4) is 0 Å². The van der Waals surface area contributed by atoms with Crippen LogP contribution in [0, 0.1) is 0 Å². The van der Waals surface area contributed by atoms with E-state index in [1.807, 2.05) is 36.4 Å². The largest absolute Gasteiger partial charge is 0.497 e. The Hall–Kier alpha value is -3.06. The molecule has 3 aromatic carbocycles. The second-order valence-electron chi connectivity index (χ2n) is 7.21. The van der Waals surface area contributed by atoms with Crippen molar-refractivity contribution >= 4 is 18.4 Å². The van der Waals surface area contributed by atoms with E-state index >= 15 is 0 Å². The molecule has 0 saturated heterocycles. The summed E-state index contributed by atoms with van der Waals surface area (Å²) in [5.74, 6) is 0.365. The lowest BCUT2D eigenvalue weighted by molar-refractivity contribution is 0.0515. The number of carbonyl (C=O) groups excluding carboxylic acids is 1. The van der Waals surface area contributed by atoms with Gasteiger partial charge in [-0.2, -0.15) is 0 Å². The van der Waals surface area contributed by atoms with Crippen molar-refractivity contribution in [2.75, 3.05) is 26.9 Å². The highest BCUT2D eigenvalue weighted by Crippen LogP contribution is 2.26. The first-order valence-electron chi connectivity index (χ1n) is 10.6. The zero-order valence-corrected chi connectivity index (χ0v) is 19.6. The third-order valence-corrected chi connectivity index (χ3v) is 4.94. The molecule has 2 N–H and O–H groups in total. The number of aliphatic hydroxyl groups excluding tert-OH is 1. The molecule has 0 heterocycles. The van der Waals surface area contributed by atoms with Crippen LogP contribution in [0.15, 0.2) is 78.9 Å². The van der Waals surface area contributed by atoms with Crippen LogP contribution < -0.4 is 14.8 Å². The minimum Gasteiger partial charge on any atom is -0.497 e. The topological polar surface area (TPSA) is 77.0 Å². The normalized spacial score (nSPS) is 11.4. The summed E-state index contributed by atoms with van der Waals surface area (Å²) >= 11 is 0. The van der Waals surface area contributed by atoms with Gasteiger partial charge in [0.15, 0.2) is 0 Å². The summed E-state index contributed by atoms with van der Waals surface area (Å²) in [6, 6.07) is 25.0. The van der Waals surface area contributed by atoms with Crippen LogP contribution >= 0.6 is 12.4 Å². The Morgan fingerprint density at radius 3 is 2.12 bits per heavy atom. The van der Waals surface area contributed by atoms with Gasteiger partial charge in [-0.3, -0.25) is 0 Å². The Bertz CT molecular complexity index is 945. The highest BCUT2D eigenvalue weighted by molar-refractivity contribution is 5.93. The maximum absolute atomic E-state index is 12.3. The number of aliphatic hydroxyl groups is 1. The number of methoxy groups -OCH3 is 1. The number of rotatable bonds is 11. The molecule has 0 aliphatic carbocycles. The van der Waals surface area contributed by atoms with Crippen LogP contribution in [0.4, 0.5) is 0 Å².